The second kappa shape index (κ2) is 7.38. The first-order valence-electron chi connectivity index (χ1n) is 9.46. The van der Waals surface area contributed by atoms with Gasteiger partial charge >= 0.3 is 0 Å². The van der Waals surface area contributed by atoms with Crippen molar-refractivity contribution in [1.29, 1.82) is 0 Å². The lowest BCUT2D eigenvalue weighted by molar-refractivity contribution is -0.129. The number of carbonyl (C=O) groups is 2. The number of aryl methyl sites for hydroxylation is 1. The Morgan fingerprint density at radius 3 is 2.85 bits per heavy atom. The Kier molecular flexibility index (Phi) is 4.95. The topological polar surface area (TPSA) is 66.4 Å². The van der Waals surface area contributed by atoms with Crippen molar-refractivity contribution in [2.24, 2.45) is 0 Å². The Hall–Kier alpha value is -2.28. The van der Waals surface area contributed by atoms with E-state index in [-0.39, 0.29) is 17.7 Å². The molecule has 0 saturated carbocycles. The van der Waals surface area contributed by atoms with Crippen molar-refractivity contribution >= 4 is 23.2 Å². The third-order valence-corrected chi connectivity index (χ3v) is 6.31. The summed E-state index contributed by atoms with van der Waals surface area (Å²) in [5, 5.41) is 1.94. The highest BCUT2D eigenvalue weighted by molar-refractivity contribution is 7.10. The Labute approximate surface area is 163 Å². The maximum Gasteiger partial charge on any atom is 0.254 e. The molecule has 1 saturated heterocycles. The quantitative estimate of drug-likeness (QED) is 0.799. The van der Waals surface area contributed by atoms with Gasteiger partial charge in [-0.2, -0.15) is 0 Å². The average Bonchev–Trinajstić information content (AvgIpc) is 3.13. The second-order valence-electron chi connectivity index (χ2n) is 7.43. The number of piperidine rings is 1. The van der Waals surface area contributed by atoms with E-state index in [1.54, 1.807) is 18.3 Å². The molecule has 7 heteroatoms. The van der Waals surface area contributed by atoms with Crippen LogP contribution in [0.5, 0.6) is 0 Å². The summed E-state index contributed by atoms with van der Waals surface area (Å²) in [6, 6.07) is 1.97. The summed E-state index contributed by atoms with van der Waals surface area (Å²) in [4.78, 5) is 38.7. The van der Waals surface area contributed by atoms with E-state index in [1.165, 1.54) is 0 Å². The van der Waals surface area contributed by atoms with Crippen molar-refractivity contribution in [3.8, 4) is 0 Å². The molecule has 4 heterocycles. The van der Waals surface area contributed by atoms with Crippen molar-refractivity contribution in [2.75, 3.05) is 19.6 Å². The molecule has 27 heavy (non-hydrogen) atoms. The number of nitrogens with zero attached hydrogens (tertiary/aromatic N) is 4. The molecule has 4 rings (SSSR count). The molecule has 0 aromatic carbocycles. The zero-order chi connectivity index (χ0) is 19.0. The van der Waals surface area contributed by atoms with Crippen molar-refractivity contribution in [1.82, 2.24) is 19.8 Å². The van der Waals surface area contributed by atoms with Crippen LogP contribution >= 0.6 is 11.3 Å². The van der Waals surface area contributed by atoms with Gasteiger partial charge in [0.05, 0.1) is 11.3 Å². The fraction of sp³-hybridized carbons (Fsp3) is 0.500. The molecular weight excluding hydrogens is 360 g/mol. The van der Waals surface area contributed by atoms with E-state index < -0.39 is 0 Å². The molecule has 2 aliphatic heterocycles. The first-order valence-corrected chi connectivity index (χ1v) is 10.3. The van der Waals surface area contributed by atoms with Crippen LogP contribution in [-0.2, 0) is 17.8 Å². The van der Waals surface area contributed by atoms with Gasteiger partial charge in [-0.25, -0.2) is 9.97 Å². The van der Waals surface area contributed by atoms with Crippen molar-refractivity contribution in [3.05, 3.63) is 45.2 Å². The zero-order valence-electron chi connectivity index (χ0n) is 15.8. The number of aromatic nitrogens is 2. The minimum absolute atomic E-state index is 0.0924. The lowest BCUT2D eigenvalue weighted by atomic mass is 9.96. The smallest absolute Gasteiger partial charge is 0.254 e. The average molecular weight is 385 g/mol. The number of hydrogen-bond acceptors (Lipinski definition) is 5. The van der Waals surface area contributed by atoms with Crippen LogP contribution in [0.2, 0.25) is 0 Å². The van der Waals surface area contributed by atoms with Gasteiger partial charge in [0.15, 0.2) is 0 Å². The van der Waals surface area contributed by atoms with Gasteiger partial charge in [0.25, 0.3) is 5.91 Å². The number of likely N-dealkylation sites (tertiary alicyclic amines) is 1. The highest BCUT2D eigenvalue weighted by Crippen LogP contribution is 2.28. The van der Waals surface area contributed by atoms with E-state index in [0.717, 1.165) is 53.3 Å². The summed E-state index contributed by atoms with van der Waals surface area (Å²) >= 11 is 1.61. The normalized spacial score (nSPS) is 19.7. The predicted molar refractivity (Wildman–Crippen MR) is 104 cm³/mol. The molecular formula is C20H24N4O2S. The number of hydrogen-bond donors (Lipinski definition) is 0. The molecule has 0 aliphatic carbocycles. The molecule has 142 valence electrons. The van der Waals surface area contributed by atoms with Gasteiger partial charge in [0.2, 0.25) is 5.91 Å². The van der Waals surface area contributed by atoms with Crippen LogP contribution in [0.4, 0.5) is 0 Å². The Morgan fingerprint density at radius 2 is 2.11 bits per heavy atom. The SMILES string of the molecule is CC(=O)N1CCc2nc([C@H]3CCCN(C(=O)c4csc(C)c4)C3)ncc2C1. The van der Waals surface area contributed by atoms with Gasteiger partial charge < -0.3 is 9.80 Å². The fourth-order valence-electron chi connectivity index (χ4n) is 3.91. The minimum atomic E-state index is 0.0924. The molecule has 2 amide bonds. The molecule has 0 unspecified atom stereocenters. The largest absolute Gasteiger partial charge is 0.338 e. The van der Waals surface area contributed by atoms with E-state index >= 15 is 0 Å². The van der Waals surface area contributed by atoms with Crippen LogP contribution in [0.1, 0.15) is 58.0 Å². The van der Waals surface area contributed by atoms with E-state index in [9.17, 15) is 9.59 Å². The highest BCUT2D eigenvalue weighted by atomic mass is 32.1. The lowest BCUT2D eigenvalue weighted by Crippen LogP contribution is -2.40. The van der Waals surface area contributed by atoms with E-state index in [1.807, 2.05) is 34.4 Å². The summed E-state index contributed by atoms with van der Waals surface area (Å²) in [6.07, 6.45) is 4.62. The Balaban J connectivity index is 1.49. The summed E-state index contributed by atoms with van der Waals surface area (Å²) in [5.74, 6) is 1.22. The molecule has 0 spiro atoms. The monoisotopic (exact) mass is 384 g/mol. The first-order chi connectivity index (χ1) is 13.0. The van der Waals surface area contributed by atoms with Crippen LogP contribution in [-0.4, -0.2) is 51.2 Å². The molecule has 2 aliphatic rings. The number of fused-ring (bicyclic) bond motifs is 1. The Morgan fingerprint density at radius 1 is 1.26 bits per heavy atom. The first kappa shape index (κ1) is 18.1. The predicted octanol–water partition coefficient (Wildman–Crippen LogP) is 2.77. The van der Waals surface area contributed by atoms with Crippen LogP contribution in [0.15, 0.2) is 17.6 Å². The number of amides is 2. The fourth-order valence-corrected chi connectivity index (χ4v) is 4.58. The highest BCUT2D eigenvalue weighted by Gasteiger charge is 2.29. The summed E-state index contributed by atoms with van der Waals surface area (Å²) in [7, 11) is 0. The van der Waals surface area contributed by atoms with Crippen LogP contribution in [0.3, 0.4) is 0 Å². The van der Waals surface area contributed by atoms with Crippen LogP contribution in [0, 0.1) is 6.92 Å². The van der Waals surface area contributed by atoms with Gasteiger partial charge in [-0.15, -0.1) is 11.3 Å². The maximum atomic E-state index is 12.8. The molecule has 2 aromatic rings. The molecule has 0 radical (unpaired) electrons. The molecule has 1 atom stereocenters. The molecule has 2 aromatic heterocycles. The van der Waals surface area contributed by atoms with Gasteiger partial charge in [0.1, 0.15) is 5.82 Å². The molecule has 6 nitrogen and oxygen atoms in total. The van der Waals surface area contributed by atoms with Gasteiger partial charge in [-0.3, -0.25) is 9.59 Å². The molecule has 1 fully saturated rings. The van der Waals surface area contributed by atoms with Crippen molar-refractivity contribution in [2.45, 2.75) is 45.6 Å². The van der Waals surface area contributed by atoms with Crippen LogP contribution in [0.25, 0.3) is 0 Å². The summed E-state index contributed by atoms with van der Waals surface area (Å²) in [6.45, 7) is 6.40. The molecule has 0 N–H and O–H groups in total. The van der Waals surface area contributed by atoms with Crippen molar-refractivity contribution in [3.63, 3.8) is 0 Å². The second-order valence-corrected chi connectivity index (χ2v) is 8.54. The minimum Gasteiger partial charge on any atom is -0.338 e. The summed E-state index contributed by atoms with van der Waals surface area (Å²) < 4.78 is 0. The lowest BCUT2D eigenvalue weighted by Gasteiger charge is -2.33. The summed E-state index contributed by atoms with van der Waals surface area (Å²) in [5.41, 5.74) is 2.88. The maximum absolute atomic E-state index is 12.8. The van der Waals surface area contributed by atoms with E-state index in [2.05, 4.69) is 4.98 Å². The van der Waals surface area contributed by atoms with Gasteiger partial charge in [-0.05, 0) is 25.8 Å². The van der Waals surface area contributed by atoms with E-state index in [0.29, 0.717) is 19.6 Å². The number of carbonyl (C=O) groups excluding carboxylic acids is 2. The van der Waals surface area contributed by atoms with Crippen LogP contribution < -0.4 is 0 Å². The molecule has 0 bridgehead atoms. The number of rotatable bonds is 2. The zero-order valence-corrected chi connectivity index (χ0v) is 16.6. The van der Waals surface area contributed by atoms with Gasteiger partial charge in [0, 0.05) is 67.5 Å². The Bertz CT molecular complexity index is 879. The van der Waals surface area contributed by atoms with Crippen molar-refractivity contribution < 1.29 is 9.59 Å². The standard InChI is InChI=1S/C20H24N4O2S/c1-13-8-16(12-27-13)20(26)24-6-3-4-15(10-24)19-21-9-17-11-23(14(2)25)7-5-18(17)22-19/h8-9,12,15H,3-7,10-11H2,1-2H3/t15-/m0/s1. The van der Waals surface area contributed by atoms with Gasteiger partial charge in [-0.1, -0.05) is 0 Å². The third-order valence-electron chi connectivity index (χ3n) is 5.45. The number of thiophene rings is 1. The van der Waals surface area contributed by atoms with E-state index in [4.69, 9.17) is 4.98 Å². The third kappa shape index (κ3) is 3.74.